The number of hydrogen-bond donors (Lipinski definition) is 3. The normalized spacial score (nSPS) is 13.3. The molecule has 2 amide bonds. The van der Waals surface area contributed by atoms with Crippen LogP contribution >= 0.6 is 0 Å². The zero-order chi connectivity index (χ0) is 23.7. The first-order valence-electron chi connectivity index (χ1n) is 11.0. The number of nitrogens with zero attached hydrogens (tertiary/aromatic N) is 4. The molecule has 0 atom stereocenters. The summed E-state index contributed by atoms with van der Waals surface area (Å²) in [6.45, 7) is 3.46. The fourth-order valence-corrected chi connectivity index (χ4v) is 3.91. The Kier molecular flexibility index (Phi) is 5.51. The van der Waals surface area contributed by atoms with Crippen LogP contribution in [0.15, 0.2) is 67.5 Å². The number of amides is 2. The Bertz CT molecular complexity index is 1390. The monoisotopic (exact) mass is 453 g/mol. The molecule has 4 N–H and O–H groups in total. The van der Waals surface area contributed by atoms with Crippen LogP contribution < -0.4 is 16.4 Å². The Morgan fingerprint density at radius 3 is 2.41 bits per heavy atom. The van der Waals surface area contributed by atoms with E-state index < -0.39 is 0 Å². The maximum atomic E-state index is 12.5. The summed E-state index contributed by atoms with van der Waals surface area (Å²) in [5, 5.41) is 14.6. The van der Waals surface area contributed by atoms with Crippen LogP contribution in [-0.2, 0) is 4.79 Å². The number of nitrogen functional groups attached to an aromatic ring is 1. The fourth-order valence-electron chi connectivity index (χ4n) is 3.91. The van der Waals surface area contributed by atoms with E-state index >= 15 is 0 Å². The summed E-state index contributed by atoms with van der Waals surface area (Å²) in [5.41, 5.74) is 11.1. The van der Waals surface area contributed by atoms with Gasteiger partial charge < -0.3 is 16.4 Å². The molecule has 0 aliphatic heterocycles. The molecule has 1 fully saturated rings. The van der Waals surface area contributed by atoms with E-state index in [-0.39, 0.29) is 17.9 Å². The lowest BCUT2D eigenvalue weighted by atomic mass is 9.93. The van der Waals surface area contributed by atoms with Crippen LogP contribution in [0, 0.1) is 0 Å². The van der Waals surface area contributed by atoms with Crippen molar-refractivity contribution in [2.45, 2.75) is 25.3 Å². The molecule has 0 bridgehead atoms. The molecule has 5 rings (SSSR count). The van der Waals surface area contributed by atoms with Crippen LogP contribution in [0.3, 0.4) is 0 Å². The summed E-state index contributed by atoms with van der Waals surface area (Å²) < 4.78 is 1.46. The van der Waals surface area contributed by atoms with Crippen molar-refractivity contribution in [3.8, 4) is 22.4 Å². The topological polar surface area (TPSA) is 127 Å². The van der Waals surface area contributed by atoms with E-state index in [1.807, 2.05) is 24.3 Å². The highest BCUT2D eigenvalue weighted by Gasteiger charge is 2.22. The van der Waals surface area contributed by atoms with Gasteiger partial charge in [-0.25, -0.2) is 4.98 Å². The average molecular weight is 454 g/mol. The standard InChI is InChI=1S/C25H23N7O2/c1-2-20(33)29-19-12-10-16(11-13-19)22-21(23-24(26)27-14-28-32(23)31-22)15-6-8-17(9-7-15)25(34)30-18-4-3-5-18/h2,6-14,18H,1,3-5H2,(H,29,33)(H,30,34)(H2,26,27,28). The largest absolute Gasteiger partial charge is 0.382 e. The number of aromatic nitrogens is 4. The second kappa shape index (κ2) is 8.78. The summed E-state index contributed by atoms with van der Waals surface area (Å²) >= 11 is 0. The highest BCUT2D eigenvalue weighted by Crippen LogP contribution is 2.37. The van der Waals surface area contributed by atoms with Crippen LogP contribution in [0.2, 0.25) is 0 Å². The number of nitrogens with two attached hydrogens (primary N) is 1. The number of anilines is 2. The van der Waals surface area contributed by atoms with Crippen LogP contribution in [0.25, 0.3) is 27.9 Å². The third-order valence-electron chi connectivity index (χ3n) is 5.96. The molecule has 4 aromatic rings. The van der Waals surface area contributed by atoms with Crippen molar-refractivity contribution in [2.24, 2.45) is 0 Å². The number of fused-ring (bicyclic) bond motifs is 1. The molecule has 0 radical (unpaired) electrons. The number of hydrogen-bond acceptors (Lipinski definition) is 6. The lowest BCUT2D eigenvalue weighted by Crippen LogP contribution is -2.39. The first-order valence-corrected chi connectivity index (χ1v) is 11.0. The van der Waals surface area contributed by atoms with E-state index in [0.29, 0.717) is 28.3 Å². The van der Waals surface area contributed by atoms with Crippen LogP contribution in [0.1, 0.15) is 29.6 Å². The number of carbonyl (C=O) groups is 2. The van der Waals surface area contributed by atoms with Crippen molar-refractivity contribution in [3.05, 3.63) is 73.1 Å². The molecule has 9 heteroatoms. The molecule has 0 spiro atoms. The number of nitrogens with one attached hydrogen (secondary N) is 2. The molecule has 2 aromatic carbocycles. The minimum Gasteiger partial charge on any atom is -0.382 e. The maximum Gasteiger partial charge on any atom is 0.251 e. The van der Waals surface area contributed by atoms with Gasteiger partial charge in [-0.15, -0.1) is 14.8 Å². The zero-order valence-electron chi connectivity index (χ0n) is 18.4. The lowest BCUT2D eigenvalue weighted by molar-refractivity contribution is -0.111. The Morgan fingerprint density at radius 1 is 1.06 bits per heavy atom. The molecule has 1 saturated carbocycles. The predicted molar refractivity (Wildman–Crippen MR) is 130 cm³/mol. The van der Waals surface area contributed by atoms with E-state index in [1.54, 1.807) is 24.3 Å². The van der Waals surface area contributed by atoms with Gasteiger partial charge in [0.15, 0.2) is 5.82 Å². The maximum absolute atomic E-state index is 12.5. The molecule has 1 aliphatic carbocycles. The van der Waals surface area contributed by atoms with Gasteiger partial charge in [0.1, 0.15) is 17.5 Å². The number of benzene rings is 2. The van der Waals surface area contributed by atoms with Gasteiger partial charge >= 0.3 is 0 Å². The van der Waals surface area contributed by atoms with E-state index in [1.165, 1.54) is 17.0 Å². The van der Waals surface area contributed by atoms with Gasteiger partial charge in [-0.1, -0.05) is 30.8 Å². The first-order chi connectivity index (χ1) is 16.5. The zero-order valence-corrected chi connectivity index (χ0v) is 18.4. The summed E-state index contributed by atoms with van der Waals surface area (Å²) in [7, 11) is 0. The average Bonchev–Trinajstić information content (AvgIpc) is 3.22. The van der Waals surface area contributed by atoms with Crippen molar-refractivity contribution >= 4 is 28.8 Å². The first kappa shape index (κ1) is 21.3. The number of rotatable bonds is 6. The van der Waals surface area contributed by atoms with Crippen molar-refractivity contribution in [1.82, 2.24) is 25.1 Å². The molecular weight excluding hydrogens is 430 g/mol. The van der Waals surface area contributed by atoms with Gasteiger partial charge in [0.2, 0.25) is 5.91 Å². The molecule has 1 aliphatic rings. The predicted octanol–water partition coefficient (Wildman–Crippen LogP) is 3.45. The molecule has 9 nitrogen and oxygen atoms in total. The fraction of sp³-hybridized carbons (Fsp3) is 0.160. The molecule has 2 heterocycles. The van der Waals surface area contributed by atoms with Gasteiger partial charge in [-0.05, 0) is 55.2 Å². The molecular formula is C25H23N7O2. The van der Waals surface area contributed by atoms with Gasteiger partial charge in [-0.3, -0.25) is 9.59 Å². The van der Waals surface area contributed by atoms with E-state index in [0.717, 1.165) is 36.0 Å². The van der Waals surface area contributed by atoms with Gasteiger partial charge in [-0.2, -0.15) is 0 Å². The van der Waals surface area contributed by atoms with Gasteiger partial charge in [0.05, 0.1) is 0 Å². The van der Waals surface area contributed by atoms with E-state index in [9.17, 15) is 9.59 Å². The molecule has 2 aromatic heterocycles. The van der Waals surface area contributed by atoms with E-state index in [4.69, 9.17) is 5.73 Å². The van der Waals surface area contributed by atoms with Crippen molar-refractivity contribution in [3.63, 3.8) is 0 Å². The third kappa shape index (κ3) is 3.99. The highest BCUT2D eigenvalue weighted by atomic mass is 16.2. The highest BCUT2D eigenvalue weighted by molar-refractivity contribution is 6.00. The molecule has 34 heavy (non-hydrogen) atoms. The quantitative estimate of drug-likeness (QED) is 0.384. The SMILES string of the molecule is C=CC(=O)Nc1ccc(-c2nn3ncnc(N)c3c2-c2ccc(C(=O)NC3CCC3)cc2)cc1. The Balaban J connectivity index is 1.54. The van der Waals surface area contributed by atoms with Crippen LogP contribution in [-0.4, -0.2) is 37.7 Å². The minimum atomic E-state index is -0.286. The smallest absolute Gasteiger partial charge is 0.251 e. The van der Waals surface area contributed by atoms with Crippen LogP contribution in [0.5, 0.6) is 0 Å². The third-order valence-corrected chi connectivity index (χ3v) is 5.96. The van der Waals surface area contributed by atoms with Gasteiger partial charge in [0, 0.05) is 28.4 Å². The summed E-state index contributed by atoms with van der Waals surface area (Å²) in [6.07, 6.45) is 5.79. The van der Waals surface area contributed by atoms with Gasteiger partial charge in [0.25, 0.3) is 5.91 Å². The molecule has 170 valence electrons. The summed E-state index contributed by atoms with van der Waals surface area (Å²) in [4.78, 5) is 28.2. The Morgan fingerprint density at radius 2 is 1.76 bits per heavy atom. The summed E-state index contributed by atoms with van der Waals surface area (Å²) in [6, 6.07) is 14.9. The number of carbonyl (C=O) groups excluding carboxylic acids is 2. The second-order valence-corrected chi connectivity index (χ2v) is 8.16. The molecule has 0 saturated heterocycles. The Hall–Kier alpha value is -4.53. The van der Waals surface area contributed by atoms with Crippen LogP contribution in [0.4, 0.5) is 11.5 Å². The second-order valence-electron chi connectivity index (χ2n) is 8.16. The lowest BCUT2D eigenvalue weighted by Gasteiger charge is -2.26. The van der Waals surface area contributed by atoms with E-state index in [2.05, 4.69) is 32.4 Å². The van der Waals surface area contributed by atoms with Crippen molar-refractivity contribution in [1.29, 1.82) is 0 Å². The molecule has 0 unspecified atom stereocenters. The van der Waals surface area contributed by atoms with Crippen molar-refractivity contribution in [2.75, 3.05) is 11.1 Å². The minimum absolute atomic E-state index is 0.0728. The Labute approximate surface area is 195 Å². The van der Waals surface area contributed by atoms with Crippen molar-refractivity contribution < 1.29 is 9.59 Å². The summed E-state index contributed by atoms with van der Waals surface area (Å²) in [5.74, 6) is -0.0626.